The van der Waals surface area contributed by atoms with Crippen molar-refractivity contribution in [3.05, 3.63) is 34.1 Å². The summed E-state index contributed by atoms with van der Waals surface area (Å²) in [7, 11) is 0. The van der Waals surface area contributed by atoms with Gasteiger partial charge in [0.1, 0.15) is 5.15 Å². The fourth-order valence-electron chi connectivity index (χ4n) is 0.737. The van der Waals surface area contributed by atoms with Crippen LogP contribution in [-0.4, -0.2) is 10.9 Å². The monoisotopic (exact) mass is 221 g/mol. The Kier molecular flexibility index (Phi) is 3.86. The topological polar surface area (TPSA) is 12.9 Å². The molecule has 12 heavy (non-hydrogen) atoms. The molecule has 1 rings (SSSR count). The van der Waals surface area contributed by atoms with Gasteiger partial charge in [0.05, 0.1) is 5.02 Å². The highest BCUT2D eigenvalue weighted by molar-refractivity contribution is 6.36. The predicted octanol–water partition coefficient (Wildman–Crippen LogP) is 3.64. The van der Waals surface area contributed by atoms with Gasteiger partial charge >= 0.3 is 0 Å². The number of alkyl halides is 1. The molecule has 4 heteroatoms. The summed E-state index contributed by atoms with van der Waals surface area (Å²) in [5, 5.41) is 0.972. The number of aromatic nitrogens is 1. The molecule has 0 amide bonds. The van der Waals surface area contributed by atoms with Crippen molar-refractivity contribution >= 4 is 40.9 Å². The largest absolute Gasteiger partial charge is 0.244 e. The van der Waals surface area contributed by atoms with Crippen molar-refractivity contribution in [3.8, 4) is 0 Å². The Bertz CT molecular complexity index is 276. The molecule has 0 spiro atoms. The van der Waals surface area contributed by atoms with Gasteiger partial charge in [0, 0.05) is 17.6 Å². The highest BCUT2D eigenvalue weighted by atomic mass is 35.5. The van der Waals surface area contributed by atoms with Gasteiger partial charge in [-0.25, -0.2) is 4.98 Å². The van der Waals surface area contributed by atoms with Crippen LogP contribution in [-0.2, 0) is 0 Å². The first kappa shape index (κ1) is 9.85. The Hall–Kier alpha value is -0.240. The van der Waals surface area contributed by atoms with E-state index in [0.717, 1.165) is 0 Å². The molecule has 64 valence electrons. The first-order chi connectivity index (χ1) is 5.75. The molecule has 1 nitrogen and oxygen atoms in total. The van der Waals surface area contributed by atoms with E-state index in [-0.39, 0.29) is 0 Å². The minimum Gasteiger partial charge on any atom is -0.244 e. The van der Waals surface area contributed by atoms with Crippen LogP contribution in [0.4, 0.5) is 0 Å². The lowest BCUT2D eigenvalue weighted by Crippen LogP contribution is -1.81. The van der Waals surface area contributed by atoms with E-state index in [1.165, 1.54) is 0 Å². The zero-order valence-electron chi connectivity index (χ0n) is 6.10. The van der Waals surface area contributed by atoms with Gasteiger partial charge in [-0.15, -0.1) is 11.6 Å². The molecule has 0 aromatic carbocycles. The van der Waals surface area contributed by atoms with Gasteiger partial charge in [0.2, 0.25) is 0 Å². The second kappa shape index (κ2) is 4.70. The van der Waals surface area contributed by atoms with Crippen molar-refractivity contribution in [2.24, 2.45) is 0 Å². The van der Waals surface area contributed by atoms with Crippen LogP contribution in [0.2, 0.25) is 10.2 Å². The zero-order valence-corrected chi connectivity index (χ0v) is 8.37. The van der Waals surface area contributed by atoms with E-state index >= 15 is 0 Å². The van der Waals surface area contributed by atoms with Crippen LogP contribution in [0.3, 0.4) is 0 Å². The number of pyridine rings is 1. The zero-order chi connectivity index (χ0) is 8.97. The van der Waals surface area contributed by atoms with Crippen LogP contribution in [0.5, 0.6) is 0 Å². The van der Waals surface area contributed by atoms with Crippen molar-refractivity contribution < 1.29 is 0 Å². The third-order valence-corrected chi connectivity index (χ3v) is 2.07. The van der Waals surface area contributed by atoms with Crippen LogP contribution < -0.4 is 0 Å². The van der Waals surface area contributed by atoms with Gasteiger partial charge < -0.3 is 0 Å². The fraction of sp³-hybridized carbons (Fsp3) is 0.125. The van der Waals surface area contributed by atoms with Crippen LogP contribution in [0.1, 0.15) is 5.56 Å². The molecule has 0 unspecified atom stereocenters. The second-order valence-corrected chi connectivity index (χ2v) is 3.13. The first-order valence-electron chi connectivity index (χ1n) is 3.28. The van der Waals surface area contributed by atoms with E-state index in [0.29, 0.717) is 21.6 Å². The second-order valence-electron chi connectivity index (χ2n) is 2.05. The molecule has 0 radical (unpaired) electrons. The summed E-state index contributed by atoms with van der Waals surface area (Å²) in [5.41, 5.74) is 0.710. The molecule has 0 fully saturated rings. The molecule has 1 heterocycles. The number of halogens is 3. The van der Waals surface area contributed by atoms with Crippen LogP contribution in [0.15, 0.2) is 18.3 Å². The van der Waals surface area contributed by atoms with E-state index in [9.17, 15) is 0 Å². The first-order valence-corrected chi connectivity index (χ1v) is 4.57. The van der Waals surface area contributed by atoms with Gasteiger partial charge in [-0.2, -0.15) is 0 Å². The molecule has 0 atom stereocenters. The quantitative estimate of drug-likeness (QED) is 0.550. The van der Waals surface area contributed by atoms with Crippen LogP contribution in [0, 0.1) is 0 Å². The van der Waals surface area contributed by atoms with Crippen LogP contribution in [0.25, 0.3) is 6.08 Å². The summed E-state index contributed by atoms with van der Waals surface area (Å²) in [5.74, 6) is 0.432. The molecule has 0 aliphatic carbocycles. The summed E-state index contributed by atoms with van der Waals surface area (Å²) in [6.45, 7) is 0. The van der Waals surface area contributed by atoms with Gasteiger partial charge in [-0.05, 0) is 6.07 Å². The average Bonchev–Trinajstić information content (AvgIpc) is 2.04. The number of hydrogen-bond donors (Lipinski definition) is 0. The van der Waals surface area contributed by atoms with Crippen molar-refractivity contribution in [3.63, 3.8) is 0 Å². The molecule has 1 aromatic heterocycles. The highest BCUT2D eigenvalue weighted by Crippen LogP contribution is 2.23. The van der Waals surface area contributed by atoms with E-state index < -0.39 is 0 Å². The Morgan fingerprint density at radius 3 is 2.75 bits per heavy atom. The Morgan fingerprint density at radius 1 is 1.42 bits per heavy atom. The summed E-state index contributed by atoms with van der Waals surface area (Å²) >= 11 is 17.1. The van der Waals surface area contributed by atoms with Gasteiger partial charge in [0.15, 0.2) is 0 Å². The summed E-state index contributed by atoms with van der Waals surface area (Å²) in [6, 6.07) is 1.68. The number of allylic oxidation sites excluding steroid dienone is 1. The summed E-state index contributed by atoms with van der Waals surface area (Å²) in [6.07, 6.45) is 5.07. The summed E-state index contributed by atoms with van der Waals surface area (Å²) in [4.78, 5) is 3.88. The van der Waals surface area contributed by atoms with Crippen LogP contribution >= 0.6 is 34.8 Å². The Morgan fingerprint density at radius 2 is 2.17 bits per heavy atom. The standard InChI is InChI=1S/C8H6Cl3N/c9-4-1-2-6-7(10)3-5-12-8(6)11/h1-3,5H,4H2. The molecule has 0 saturated heterocycles. The lowest BCUT2D eigenvalue weighted by atomic mass is 10.2. The third-order valence-electron chi connectivity index (χ3n) is 1.26. The lowest BCUT2D eigenvalue weighted by molar-refractivity contribution is 1.32. The van der Waals surface area contributed by atoms with E-state index in [1.807, 2.05) is 0 Å². The van der Waals surface area contributed by atoms with E-state index in [2.05, 4.69) is 4.98 Å². The SMILES string of the molecule is ClCC=Cc1c(Cl)ccnc1Cl. The molecule has 0 N–H and O–H groups in total. The van der Waals surface area contributed by atoms with Crippen molar-refractivity contribution in [1.82, 2.24) is 4.98 Å². The maximum Gasteiger partial charge on any atom is 0.137 e. The Labute approximate surface area is 86.0 Å². The summed E-state index contributed by atoms with van der Waals surface area (Å²) < 4.78 is 0. The molecule has 0 saturated carbocycles. The maximum absolute atomic E-state index is 5.85. The van der Waals surface area contributed by atoms with E-state index in [1.54, 1.807) is 24.4 Å². The van der Waals surface area contributed by atoms with Crippen molar-refractivity contribution in [2.45, 2.75) is 0 Å². The third kappa shape index (κ3) is 2.37. The number of nitrogens with zero attached hydrogens (tertiary/aromatic N) is 1. The molecule has 1 aromatic rings. The molecular formula is C8H6Cl3N. The van der Waals surface area contributed by atoms with Gasteiger partial charge in [0.25, 0.3) is 0 Å². The smallest absolute Gasteiger partial charge is 0.137 e. The molecular weight excluding hydrogens is 216 g/mol. The number of rotatable bonds is 2. The van der Waals surface area contributed by atoms with E-state index in [4.69, 9.17) is 34.8 Å². The highest BCUT2D eigenvalue weighted by Gasteiger charge is 2.01. The van der Waals surface area contributed by atoms with Gasteiger partial charge in [-0.1, -0.05) is 35.4 Å². The van der Waals surface area contributed by atoms with Crippen molar-refractivity contribution in [1.29, 1.82) is 0 Å². The minimum absolute atomic E-state index is 0.392. The fourth-order valence-corrected chi connectivity index (χ4v) is 1.30. The predicted molar refractivity (Wildman–Crippen MR) is 54.0 cm³/mol. The van der Waals surface area contributed by atoms with Crippen molar-refractivity contribution in [2.75, 3.05) is 5.88 Å². The molecule has 0 aliphatic heterocycles. The molecule has 0 aliphatic rings. The van der Waals surface area contributed by atoms with Gasteiger partial charge in [-0.3, -0.25) is 0 Å². The minimum atomic E-state index is 0.392. The number of hydrogen-bond acceptors (Lipinski definition) is 1. The normalized spacial score (nSPS) is 10.9. The molecule has 0 bridgehead atoms. The maximum atomic E-state index is 5.85. The Balaban J connectivity index is 3.04. The lowest BCUT2D eigenvalue weighted by Gasteiger charge is -1.98. The average molecular weight is 223 g/mol.